The van der Waals surface area contributed by atoms with Crippen molar-refractivity contribution >= 4 is 55.6 Å². The van der Waals surface area contributed by atoms with E-state index in [4.69, 9.17) is 14.1 Å². The van der Waals surface area contributed by atoms with Gasteiger partial charge in [0.2, 0.25) is 21.8 Å². The lowest BCUT2D eigenvalue weighted by molar-refractivity contribution is -0.116. The van der Waals surface area contributed by atoms with Crippen LogP contribution in [0.25, 0.3) is 44.0 Å². The molecule has 4 heterocycles. The summed E-state index contributed by atoms with van der Waals surface area (Å²) in [5.74, 6) is 0.926. The van der Waals surface area contributed by atoms with Gasteiger partial charge in [0, 0.05) is 66.8 Å². The highest BCUT2D eigenvalue weighted by molar-refractivity contribution is 7.92. The molecule has 2 amide bonds. The molecular formula is C33H33N5O6S2. The Balaban J connectivity index is 1.60. The Bertz CT molecular complexity index is 2120. The van der Waals surface area contributed by atoms with Gasteiger partial charge in [-0.3, -0.25) is 18.8 Å². The zero-order valence-electron chi connectivity index (χ0n) is 26.3. The first kappa shape index (κ1) is 31.2. The van der Waals surface area contributed by atoms with Crippen molar-refractivity contribution in [3.63, 3.8) is 0 Å². The van der Waals surface area contributed by atoms with Gasteiger partial charge in [-0.05, 0) is 31.9 Å². The summed E-state index contributed by atoms with van der Waals surface area (Å²) >= 11 is 1.47. The highest BCUT2D eigenvalue weighted by Crippen LogP contribution is 2.44. The predicted octanol–water partition coefficient (Wildman–Crippen LogP) is 5.66. The number of hydrogen-bond donors (Lipinski definition) is 1. The fourth-order valence-electron chi connectivity index (χ4n) is 5.62. The van der Waals surface area contributed by atoms with Crippen molar-refractivity contribution in [3.8, 4) is 38.9 Å². The minimum absolute atomic E-state index is 0.0737. The number of rotatable bonds is 7. The number of methoxy groups -OCH3 is 1. The average molecular weight is 660 g/mol. The van der Waals surface area contributed by atoms with Crippen molar-refractivity contribution in [2.24, 2.45) is 0 Å². The molecule has 1 N–H and O–H groups in total. The van der Waals surface area contributed by atoms with Gasteiger partial charge in [-0.2, -0.15) is 0 Å². The number of aryl methyl sites for hydroxylation is 2. The maximum Gasteiger partial charge on any atom is 0.255 e. The molecule has 11 nitrogen and oxygen atoms in total. The first-order chi connectivity index (χ1) is 21.9. The molecule has 0 saturated carbocycles. The topological polar surface area (TPSA) is 135 Å². The molecule has 0 bridgehead atoms. The van der Waals surface area contributed by atoms with Crippen LogP contribution in [0.1, 0.15) is 34.1 Å². The molecule has 6 rings (SSSR count). The number of sulfonamides is 1. The van der Waals surface area contributed by atoms with Crippen LogP contribution < -0.4 is 19.3 Å². The van der Waals surface area contributed by atoms with E-state index in [2.05, 4.69) is 10.3 Å². The van der Waals surface area contributed by atoms with Gasteiger partial charge in [-0.1, -0.05) is 29.8 Å². The second-order valence-corrected chi connectivity index (χ2v) is 14.3. The number of nitrogens with zero attached hydrogens (tertiary/aromatic N) is 4. The summed E-state index contributed by atoms with van der Waals surface area (Å²) in [5.41, 5.74) is 4.44. The normalized spacial score (nSPS) is 13.0. The number of carbonyl (C=O) groups excluding carboxylic acids is 2. The molecule has 0 saturated heterocycles. The van der Waals surface area contributed by atoms with E-state index >= 15 is 0 Å². The molecule has 0 fully saturated rings. The Labute approximate surface area is 270 Å². The minimum atomic E-state index is -3.71. The van der Waals surface area contributed by atoms with Gasteiger partial charge in [0.15, 0.2) is 0 Å². The third-order valence-corrected chi connectivity index (χ3v) is 10.4. The van der Waals surface area contributed by atoms with Gasteiger partial charge in [-0.15, -0.1) is 11.3 Å². The molecule has 1 aliphatic rings. The fraction of sp³-hybridized carbons (Fsp3) is 0.273. The van der Waals surface area contributed by atoms with Crippen LogP contribution in [0, 0.1) is 6.92 Å². The van der Waals surface area contributed by atoms with Crippen molar-refractivity contribution in [3.05, 3.63) is 64.7 Å². The lowest BCUT2D eigenvalue weighted by Crippen LogP contribution is -2.33. The van der Waals surface area contributed by atoms with E-state index in [1.54, 1.807) is 30.3 Å². The van der Waals surface area contributed by atoms with Crippen molar-refractivity contribution < 1.29 is 27.2 Å². The molecule has 2 aromatic carbocycles. The average Bonchev–Trinajstić information content (AvgIpc) is 3.64. The third kappa shape index (κ3) is 5.49. The molecule has 238 valence electrons. The van der Waals surface area contributed by atoms with Crippen molar-refractivity contribution in [1.29, 1.82) is 0 Å². The lowest BCUT2D eigenvalue weighted by atomic mass is 9.98. The van der Waals surface area contributed by atoms with Crippen LogP contribution in [-0.4, -0.2) is 64.2 Å². The molecule has 0 atom stereocenters. The number of pyridine rings is 1. The van der Waals surface area contributed by atoms with Gasteiger partial charge in [0.25, 0.3) is 5.91 Å². The van der Waals surface area contributed by atoms with Gasteiger partial charge >= 0.3 is 0 Å². The monoisotopic (exact) mass is 659 g/mol. The maximum atomic E-state index is 13.3. The van der Waals surface area contributed by atoms with Crippen molar-refractivity contribution in [2.75, 3.05) is 43.2 Å². The van der Waals surface area contributed by atoms with Gasteiger partial charge in [0.05, 0.1) is 30.2 Å². The number of furan rings is 1. The Morgan fingerprint density at radius 2 is 1.85 bits per heavy atom. The summed E-state index contributed by atoms with van der Waals surface area (Å²) in [6.45, 7) is 4.10. The van der Waals surface area contributed by atoms with Crippen LogP contribution in [0.4, 0.5) is 11.5 Å². The van der Waals surface area contributed by atoms with Crippen molar-refractivity contribution in [1.82, 2.24) is 15.3 Å². The smallest absolute Gasteiger partial charge is 0.255 e. The van der Waals surface area contributed by atoms with Crippen LogP contribution in [0.15, 0.2) is 53.1 Å². The summed E-state index contributed by atoms with van der Waals surface area (Å²) in [5, 5.41) is 3.85. The fourth-order valence-corrected chi connectivity index (χ4v) is 7.24. The number of nitrogens with one attached hydrogen (secondary N) is 1. The van der Waals surface area contributed by atoms with Crippen LogP contribution in [0.2, 0.25) is 0 Å². The number of anilines is 2. The minimum Gasteiger partial charge on any atom is -0.480 e. The summed E-state index contributed by atoms with van der Waals surface area (Å²) in [4.78, 5) is 37.8. The zero-order chi connectivity index (χ0) is 32.9. The molecule has 5 aromatic rings. The third-order valence-electron chi connectivity index (χ3n) is 8.09. The van der Waals surface area contributed by atoms with E-state index < -0.39 is 10.0 Å². The SMILES string of the molecule is CNC(=O)c1c(-c2ccc(C)cc2)oc2cc(N(C)S(C)(=O)=O)c(-c3cnc(OC)c(-c4nc5c(s4)CCCN5C(C)=O)c3)cc12. The van der Waals surface area contributed by atoms with Crippen LogP contribution >= 0.6 is 11.3 Å². The number of amides is 2. The van der Waals surface area contributed by atoms with E-state index in [1.807, 2.05) is 37.3 Å². The van der Waals surface area contributed by atoms with Crippen LogP contribution in [0.5, 0.6) is 5.88 Å². The summed E-state index contributed by atoms with van der Waals surface area (Å²) in [6.07, 6.45) is 4.36. The summed E-state index contributed by atoms with van der Waals surface area (Å²) < 4.78 is 38.8. The molecule has 3 aromatic heterocycles. The van der Waals surface area contributed by atoms with E-state index in [0.717, 1.165) is 29.5 Å². The second kappa shape index (κ2) is 11.9. The van der Waals surface area contributed by atoms with E-state index in [9.17, 15) is 18.0 Å². The molecule has 0 unspecified atom stereocenters. The van der Waals surface area contributed by atoms with Gasteiger partial charge < -0.3 is 14.5 Å². The van der Waals surface area contributed by atoms with E-state index in [1.165, 1.54) is 36.7 Å². The Kier molecular flexibility index (Phi) is 8.07. The standard InChI is InChI=1S/C33H33N5O6S2/c1-18-9-11-20(12-10-18)29-28(31(40)34-3)23-15-22(25(16-26(23)44-29)37(4)46(6,41)42)21-14-24(32(43-5)35-17-21)33-36-30-27(45-33)8-7-13-38(30)19(2)39/h9-12,14-17H,7-8,13H2,1-6H3,(H,34,40). The van der Waals surface area contributed by atoms with Crippen LogP contribution in [-0.2, 0) is 21.2 Å². The molecule has 0 radical (unpaired) electrons. The number of thiazole rings is 1. The number of benzene rings is 2. The van der Waals surface area contributed by atoms with E-state index in [-0.39, 0.29) is 11.8 Å². The molecule has 46 heavy (non-hydrogen) atoms. The molecule has 13 heteroatoms. The van der Waals surface area contributed by atoms with Crippen molar-refractivity contribution in [2.45, 2.75) is 26.7 Å². The first-order valence-electron chi connectivity index (χ1n) is 14.6. The maximum absolute atomic E-state index is 13.3. The highest BCUT2D eigenvalue weighted by Gasteiger charge is 2.29. The van der Waals surface area contributed by atoms with Gasteiger partial charge in [-0.25, -0.2) is 18.4 Å². The number of fused-ring (bicyclic) bond motifs is 2. The Morgan fingerprint density at radius 1 is 1.11 bits per heavy atom. The van der Waals surface area contributed by atoms with Gasteiger partial charge in [0.1, 0.15) is 22.2 Å². The number of carbonyl (C=O) groups is 2. The molecule has 1 aliphatic heterocycles. The summed E-state index contributed by atoms with van der Waals surface area (Å²) in [7, 11) is 0.823. The summed E-state index contributed by atoms with van der Waals surface area (Å²) in [6, 6.07) is 12.9. The highest BCUT2D eigenvalue weighted by atomic mass is 32.2. The molecule has 0 aliphatic carbocycles. The Morgan fingerprint density at radius 3 is 2.50 bits per heavy atom. The second-order valence-electron chi connectivity index (χ2n) is 11.2. The number of aromatic nitrogens is 2. The van der Waals surface area contributed by atoms with Crippen LogP contribution in [0.3, 0.4) is 0 Å². The molecule has 0 spiro atoms. The Hall–Kier alpha value is -4.75. The zero-order valence-corrected chi connectivity index (χ0v) is 27.9. The van der Waals surface area contributed by atoms with E-state index in [0.29, 0.717) is 73.5 Å². The lowest BCUT2D eigenvalue weighted by Gasteiger charge is -2.23. The first-order valence-corrected chi connectivity index (χ1v) is 17.2. The largest absolute Gasteiger partial charge is 0.480 e. The number of ether oxygens (including phenoxy) is 1. The predicted molar refractivity (Wildman–Crippen MR) is 180 cm³/mol. The molecular weight excluding hydrogens is 627 g/mol. The number of hydrogen-bond acceptors (Lipinski definition) is 9. The quantitative estimate of drug-likeness (QED) is 0.237.